The summed E-state index contributed by atoms with van der Waals surface area (Å²) in [5.74, 6) is -4.09. The molecule has 1 saturated heterocycles. The Labute approximate surface area is 284 Å². The third-order valence-electron chi connectivity index (χ3n) is 7.64. The van der Waals surface area contributed by atoms with Gasteiger partial charge in [0.2, 0.25) is 5.82 Å². The number of hydrogen-bond acceptors (Lipinski definition) is 9. The molecule has 19 heteroatoms. The minimum atomic E-state index is -5.08. The number of carbonyl (C=O) groups is 2. The van der Waals surface area contributed by atoms with Crippen molar-refractivity contribution in [3.8, 4) is 23.1 Å². The van der Waals surface area contributed by atoms with Crippen molar-refractivity contribution in [2.45, 2.75) is 24.9 Å². The molecule has 6 rings (SSSR count). The van der Waals surface area contributed by atoms with Crippen molar-refractivity contribution >= 4 is 40.6 Å². The number of rotatable bonds is 7. The van der Waals surface area contributed by atoms with E-state index >= 15 is 0 Å². The Bertz CT molecular complexity index is 2090. The molecular weight excluding hydrogens is 693 g/mol. The molecule has 0 bridgehead atoms. The maximum absolute atomic E-state index is 14.9. The average Bonchev–Trinajstić information content (AvgIpc) is 3.72. The molecule has 0 saturated carbocycles. The number of aromatic nitrogens is 6. The van der Waals surface area contributed by atoms with Gasteiger partial charge in [0.25, 0.3) is 5.91 Å². The Kier molecular flexibility index (Phi) is 10.5. The summed E-state index contributed by atoms with van der Waals surface area (Å²) >= 11 is 6.56. The highest BCUT2D eigenvalue weighted by molar-refractivity contribution is 6.34. The van der Waals surface area contributed by atoms with Crippen LogP contribution in [0.5, 0.6) is 5.75 Å². The monoisotopic (exact) mass is 717 g/mol. The lowest BCUT2D eigenvalue weighted by molar-refractivity contribution is -0.192. The third kappa shape index (κ3) is 7.57. The van der Waals surface area contributed by atoms with Crippen LogP contribution >= 0.6 is 11.6 Å². The van der Waals surface area contributed by atoms with Crippen LogP contribution in [0.2, 0.25) is 5.02 Å². The van der Waals surface area contributed by atoms with Gasteiger partial charge >= 0.3 is 12.1 Å². The van der Waals surface area contributed by atoms with E-state index in [1.807, 2.05) is 11.6 Å². The number of fused-ring (bicyclic) bond motifs is 1. The SMILES string of the molecule is Cn1cnnc1C1CCN(C(=O)c2ccc(Nc3nccn4c(-c5ccc(OCC#N)c(F)c5F)cnc34)cc2Cl)CC1.O=C(O)C(F)(F)F. The molecule has 13 nitrogen and oxygen atoms in total. The Hall–Kier alpha value is -5.83. The van der Waals surface area contributed by atoms with Crippen LogP contribution in [-0.2, 0) is 11.8 Å². The molecule has 260 valence electrons. The molecule has 2 N–H and O–H groups in total. The minimum Gasteiger partial charge on any atom is -0.476 e. The molecule has 2 aromatic carbocycles. The van der Waals surface area contributed by atoms with Crippen LogP contribution in [0.1, 0.15) is 34.9 Å². The maximum Gasteiger partial charge on any atom is 0.490 e. The molecule has 1 amide bonds. The minimum absolute atomic E-state index is 0.0435. The molecule has 0 spiro atoms. The van der Waals surface area contributed by atoms with E-state index in [4.69, 9.17) is 31.5 Å². The smallest absolute Gasteiger partial charge is 0.476 e. The number of nitriles is 1. The van der Waals surface area contributed by atoms with Crippen molar-refractivity contribution in [1.82, 2.24) is 34.0 Å². The zero-order valence-corrected chi connectivity index (χ0v) is 26.6. The van der Waals surface area contributed by atoms with E-state index in [1.165, 1.54) is 24.5 Å². The average molecular weight is 718 g/mol. The first-order chi connectivity index (χ1) is 23.8. The Morgan fingerprint density at radius 3 is 2.48 bits per heavy atom. The van der Waals surface area contributed by atoms with Crippen molar-refractivity contribution < 1.29 is 41.4 Å². The van der Waals surface area contributed by atoms with Crippen molar-refractivity contribution in [1.29, 1.82) is 5.26 Å². The first kappa shape index (κ1) is 35.5. The lowest BCUT2D eigenvalue weighted by Crippen LogP contribution is -2.38. The van der Waals surface area contributed by atoms with Gasteiger partial charge in [0.05, 0.1) is 22.5 Å². The number of nitrogens with one attached hydrogen (secondary N) is 1. The number of benzene rings is 2. The van der Waals surface area contributed by atoms with Crippen molar-refractivity contribution in [2.75, 3.05) is 25.0 Å². The number of nitrogens with zero attached hydrogens (tertiary/aromatic N) is 8. The number of halogens is 6. The zero-order valence-electron chi connectivity index (χ0n) is 25.8. The summed E-state index contributed by atoms with van der Waals surface area (Å²) in [5, 5.41) is 27.4. The number of carboxylic acids is 1. The molecule has 1 aliphatic rings. The molecule has 0 atom stereocenters. The number of ether oxygens (including phenoxy) is 1. The summed E-state index contributed by atoms with van der Waals surface area (Å²) in [4.78, 5) is 32.7. The number of alkyl halides is 3. The van der Waals surface area contributed by atoms with Crippen LogP contribution in [0, 0.1) is 23.0 Å². The van der Waals surface area contributed by atoms with Gasteiger partial charge in [-0.3, -0.25) is 9.20 Å². The number of carbonyl (C=O) groups excluding carboxylic acids is 1. The first-order valence-corrected chi connectivity index (χ1v) is 15.0. The van der Waals surface area contributed by atoms with Gasteiger partial charge in [-0.15, -0.1) is 10.2 Å². The molecule has 4 heterocycles. The van der Waals surface area contributed by atoms with E-state index in [-0.39, 0.29) is 33.9 Å². The number of amides is 1. The van der Waals surface area contributed by atoms with Crippen LogP contribution in [0.25, 0.3) is 16.9 Å². The van der Waals surface area contributed by atoms with Crippen molar-refractivity contribution in [3.05, 3.63) is 83.3 Å². The van der Waals surface area contributed by atoms with Gasteiger partial charge in [-0.2, -0.15) is 22.8 Å². The summed E-state index contributed by atoms with van der Waals surface area (Å²) in [5.41, 5.74) is 1.54. The first-order valence-electron chi connectivity index (χ1n) is 14.6. The van der Waals surface area contributed by atoms with E-state index in [1.54, 1.807) is 46.1 Å². The molecule has 0 unspecified atom stereocenters. The van der Waals surface area contributed by atoms with E-state index in [9.17, 15) is 26.7 Å². The number of carboxylic acid groups (broad SMARTS) is 1. The molecule has 0 aliphatic carbocycles. The fourth-order valence-corrected chi connectivity index (χ4v) is 5.50. The predicted molar refractivity (Wildman–Crippen MR) is 167 cm³/mol. The van der Waals surface area contributed by atoms with Gasteiger partial charge in [0.15, 0.2) is 29.6 Å². The van der Waals surface area contributed by atoms with Gasteiger partial charge in [-0.05, 0) is 43.2 Å². The van der Waals surface area contributed by atoms with E-state index in [2.05, 4.69) is 25.5 Å². The lowest BCUT2D eigenvalue weighted by Gasteiger charge is -2.31. The predicted octanol–water partition coefficient (Wildman–Crippen LogP) is 5.76. The molecule has 50 heavy (non-hydrogen) atoms. The molecule has 0 radical (unpaired) electrons. The normalized spacial score (nSPS) is 13.4. The zero-order chi connectivity index (χ0) is 36.2. The maximum atomic E-state index is 14.9. The molecular formula is C31H25ClF5N9O4. The summed E-state index contributed by atoms with van der Waals surface area (Å²) in [6, 6.07) is 9.34. The number of aliphatic carboxylic acids is 1. The largest absolute Gasteiger partial charge is 0.490 e. The topological polar surface area (TPSA) is 164 Å². The molecule has 5 aromatic rings. The summed E-state index contributed by atoms with van der Waals surface area (Å²) in [7, 11) is 1.92. The number of imidazole rings is 1. The Morgan fingerprint density at radius 1 is 1.14 bits per heavy atom. The second kappa shape index (κ2) is 14.7. The van der Waals surface area contributed by atoms with E-state index in [0.29, 0.717) is 35.8 Å². The molecule has 1 fully saturated rings. The van der Waals surface area contributed by atoms with Gasteiger partial charge in [0, 0.05) is 49.7 Å². The third-order valence-corrected chi connectivity index (χ3v) is 7.95. The van der Waals surface area contributed by atoms with Gasteiger partial charge in [0.1, 0.15) is 18.2 Å². The number of hydrogen-bond donors (Lipinski definition) is 2. The summed E-state index contributed by atoms with van der Waals surface area (Å²) in [6.07, 6.45) is 2.63. The quantitative estimate of drug-likeness (QED) is 0.198. The molecule has 1 aliphatic heterocycles. The fourth-order valence-electron chi connectivity index (χ4n) is 5.23. The number of anilines is 2. The van der Waals surface area contributed by atoms with Crippen molar-refractivity contribution in [2.24, 2.45) is 7.05 Å². The van der Waals surface area contributed by atoms with Crippen LogP contribution < -0.4 is 10.1 Å². The number of piperidine rings is 1. The highest BCUT2D eigenvalue weighted by Gasteiger charge is 2.38. The molecule has 3 aromatic heterocycles. The second-order valence-corrected chi connectivity index (χ2v) is 11.2. The fraction of sp³-hybridized carbons (Fsp3) is 0.258. The van der Waals surface area contributed by atoms with Crippen LogP contribution in [0.15, 0.2) is 55.2 Å². The Morgan fingerprint density at radius 2 is 1.86 bits per heavy atom. The van der Waals surface area contributed by atoms with Crippen LogP contribution in [0.4, 0.5) is 33.5 Å². The number of aryl methyl sites for hydroxylation is 1. The Balaban J connectivity index is 0.000000630. The lowest BCUT2D eigenvalue weighted by atomic mass is 9.95. The van der Waals surface area contributed by atoms with Crippen LogP contribution in [-0.4, -0.2) is 76.9 Å². The van der Waals surface area contributed by atoms with Gasteiger partial charge < -0.3 is 24.6 Å². The summed E-state index contributed by atoms with van der Waals surface area (Å²) < 4.78 is 69.7. The highest BCUT2D eigenvalue weighted by atomic mass is 35.5. The van der Waals surface area contributed by atoms with Crippen LogP contribution in [0.3, 0.4) is 0 Å². The number of likely N-dealkylation sites (tertiary alicyclic amines) is 1. The van der Waals surface area contributed by atoms with Gasteiger partial charge in [-0.25, -0.2) is 19.2 Å². The van der Waals surface area contributed by atoms with E-state index in [0.717, 1.165) is 18.7 Å². The summed E-state index contributed by atoms with van der Waals surface area (Å²) in [6.45, 7) is 0.760. The second-order valence-electron chi connectivity index (χ2n) is 10.8. The van der Waals surface area contributed by atoms with Crippen molar-refractivity contribution in [3.63, 3.8) is 0 Å². The van der Waals surface area contributed by atoms with E-state index < -0.39 is 30.4 Å². The van der Waals surface area contributed by atoms with Gasteiger partial charge in [-0.1, -0.05) is 11.6 Å². The standard InChI is InChI=1S/C29H24ClF2N9O2.C2HF3O2/c1-39-16-36-38-27(39)17-6-10-40(11-7-17)29(42)19-3-2-18(14-21(19)30)37-26-28-35-15-22(41(28)12-9-34-26)20-4-5-23(43-13-8-33)25(32)24(20)31;3-2(4,5)1(6)7/h2-5,9,12,14-17H,6-7,10-11,13H2,1H3,(H,34,37);(H,6,7). The highest BCUT2D eigenvalue weighted by Crippen LogP contribution is 2.33.